The predicted octanol–water partition coefficient (Wildman–Crippen LogP) is 2.85. The first kappa shape index (κ1) is 14.0. The van der Waals surface area contributed by atoms with Crippen LogP contribution < -0.4 is 10.6 Å². The van der Waals surface area contributed by atoms with Gasteiger partial charge in [-0.25, -0.2) is 4.39 Å². The molecule has 1 heterocycles. The molecule has 1 aliphatic rings. The van der Waals surface area contributed by atoms with E-state index in [4.69, 9.17) is 0 Å². The van der Waals surface area contributed by atoms with Crippen molar-refractivity contribution in [3.05, 3.63) is 29.6 Å². The van der Waals surface area contributed by atoms with Crippen molar-refractivity contribution in [3.63, 3.8) is 0 Å². The number of benzene rings is 1. The lowest BCUT2D eigenvalue weighted by Gasteiger charge is -2.38. The molecule has 4 heteroatoms. The quantitative estimate of drug-likeness (QED) is 0.862. The van der Waals surface area contributed by atoms with Crippen LogP contribution in [0.4, 0.5) is 10.1 Å². The Bertz CT molecular complexity index is 485. The van der Waals surface area contributed by atoms with Gasteiger partial charge in [0.25, 0.3) is 0 Å². The number of nitrogens with one attached hydrogen (secondary N) is 2. The summed E-state index contributed by atoms with van der Waals surface area (Å²) >= 11 is 0. The molecule has 1 saturated heterocycles. The topological polar surface area (TPSA) is 41.1 Å². The molecule has 3 nitrogen and oxygen atoms in total. The second-order valence-corrected chi connectivity index (χ2v) is 5.93. The molecule has 104 valence electrons. The van der Waals surface area contributed by atoms with Gasteiger partial charge >= 0.3 is 0 Å². The lowest BCUT2D eigenvalue weighted by Crippen LogP contribution is -2.53. The van der Waals surface area contributed by atoms with E-state index in [1.54, 1.807) is 19.1 Å². The number of hydrogen-bond acceptors (Lipinski definition) is 2. The molecule has 1 aromatic carbocycles. The molecule has 1 fully saturated rings. The SMILES string of the molecule is Cc1ccc(NC(=O)C2NCCCC2(C)C)cc1F. The average molecular weight is 264 g/mol. The molecule has 0 bridgehead atoms. The highest BCUT2D eigenvalue weighted by Crippen LogP contribution is 2.30. The Kier molecular flexibility index (Phi) is 3.90. The zero-order valence-corrected chi connectivity index (χ0v) is 11.7. The number of piperidine rings is 1. The Hall–Kier alpha value is -1.42. The van der Waals surface area contributed by atoms with Crippen LogP contribution in [0.15, 0.2) is 18.2 Å². The fourth-order valence-corrected chi connectivity index (χ4v) is 2.54. The minimum Gasteiger partial charge on any atom is -0.325 e. The Morgan fingerprint density at radius 3 is 2.84 bits per heavy atom. The zero-order valence-electron chi connectivity index (χ0n) is 11.7. The van der Waals surface area contributed by atoms with Crippen molar-refractivity contribution < 1.29 is 9.18 Å². The number of hydrogen-bond donors (Lipinski definition) is 2. The lowest BCUT2D eigenvalue weighted by molar-refractivity contribution is -0.121. The third kappa shape index (κ3) is 3.13. The molecule has 1 aliphatic heterocycles. The van der Waals surface area contributed by atoms with Crippen molar-refractivity contribution in [2.75, 3.05) is 11.9 Å². The molecule has 1 amide bonds. The highest BCUT2D eigenvalue weighted by Gasteiger charge is 2.37. The van der Waals surface area contributed by atoms with E-state index in [1.165, 1.54) is 6.07 Å². The highest BCUT2D eigenvalue weighted by atomic mass is 19.1. The smallest absolute Gasteiger partial charge is 0.242 e. The summed E-state index contributed by atoms with van der Waals surface area (Å²) in [6.45, 7) is 6.72. The monoisotopic (exact) mass is 264 g/mol. The third-order valence-electron chi connectivity index (χ3n) is 3.83. The van der Waals surface area contributed by atoms with E-state index in [-0.39, 0.29) is 23.2 Å². The Labute approximate surface area is 113 Å². The molecule has 19 heavy (non-hydrogen) atoms. The molecular formula is C15H21FN2O. The minimum atomic E-state index is -0.298. The van der Waals surface area contributed by atoms with Gasteiger partial charge < -0.3 is 10.6 Å². The van der Waals surface area contributed by atoms with Gasteiger partial charge in [-0.1, -0.05) is 19.9 Å². The first-order valence-electron chi connectivity index (χ1n) is 6.70. The minimum absolute atomic E-state index is 0.0778. The summed E-state index contributed by atoms with van der Waals surface area (Å²) in [5, 5.41) is 6.04. The Balaban J connectivity index is 2.09. The van der Waals surface area contributed by atoms with Crippen LogP contribution in [0.25, 0.3) is 0 Å². The molecule has 2 N–H and O–H groups in total. The molecule has 0 radical (unpaired) electrons. The highest BCUT2D eigenvalue weighted by molar-refractivity contribution is 5.95. The fourth-order valence-electron chi connectivity index (χ4n) is 2.54. The van der Waals surface area contributed by atoms with Gasteiger partial charge in [0.05, 0.1) is 6.04 Å². The summed E-state index contributed by atoms with van der Waals surface area (Å²) in [6.07, 6.45) is 2.09. The van der Waals surface area contributed by atoms with E-state index in [0.29, 0.717) is 11.3 Å². The maximum atomic E-state index is 13.5. The molecule has 1 unspecified atom stereocenters. The average Bonchev–Trinajstić information content (AvgIpc) is 2.33. The van der Waals surface area contributed by atoms with Crippen LogP contribution in [0.1, 0.15) is 32.3 Å². The Morgan fingerprint density at radius 1 is 1.47 bits per heavy atom. The summed E-state index contributed by atoms with van der Waals surface area (Å²) in [5.41, 5.74) is 1.01. The third-order valence-corrected chi connectivity index (χ3v) is 3.83. The number of rotatable bonds is 2. The van der Waals surface area contributed by atoms with Gasteiger partial charge in [-0.15, -0.1) is 0 Å². The van der Waals surface area contributed by atoms with E-state index < -0.39 is 0 Å². The lowest BCUT2D eigenvalue weighted by atomic mass is 9.77. The van der Waals surface area contributed by atoms with Gasteiger partial charge in [-0.3, -0.25) is 4.79 Å². The van der Waals surface area contributed by atoms with Gasteiger partial charge in [0.2, 0.25) is 5.91 Å². The number of halogens is 1. The predicted molar refractivity (Wildman–Crippen MR) is 74.6 cm³/mol. The second-order valence-electron chi connectivity index (χ2n) is 5.93. The van der Waals surface area contributed by atoms with Crippen LogP contribution in [0.3, 0.4) is 0 Å². The van der Waals surface area contributed by atoms with Crippen LogP contribution in [-0.2, 0) is 4.79 Å². The molecule has 2 rings (SSSR count). The summed E-state index contributed by atoms with van der Waals surface area (Å²) in [4.78, 5) is 12.3. The summed E-state index contributed by atoms with van der Waals surface area (Å²) < 4.78 is 13.5. The fraction of sp³-hybridized carbons (Fsp3) is 0.533. The second kappa shape index (κ2) is 5.29. The first-order valence-corrected chi connectivity index (χ1v) is 6.70. The van der Waals surface area contributed by atoms with Gasteiger partial charge in [-0.2, -0.15) is 0 Å². The normalized spacial score (nSPS) is 22.0. The van der Waals surface area contributed by atoms with Crippen molar-refractivity contribution in [1.29, 1.82) is 0 Å². The standard InChI is InChI=1S/C15H21FN2O/c1-10-5-6-11(9-12(10)16)18-14(19)13-15(2,3)7-4-8-17-13/h5-6,9,13,17H,4,7-8H2,1-3H3,(H,18,19). The van der Waals surface area contributed by atoms with Crippen LogP contribution >= 0.6 is 0 Å². The number of anilines is 1. The van der Waals surface area contributed by atoms with Crippen molar-refractivity contribution in [2.45, 2.75) is 39.7 Å². The van der Waals surface area contributed by atoms with Crippen LogP contribution in [0, 0.1) is 18.2 Å². The van der Waals surface area contributed by atoms with Gasteiger partial charge in [-0.05, 0) is 49.4 Å². The van der Waals surface area contributed by atoms with Crippen LogP contribution in [0.5, 0.6) is 0 Å². The largest absolute Gasteiger partial charge is 0.325 e. The molecular weight excluding hydrogens is 243 g/mol. The molecule has 1 aromatic rings. The molecule has 1 atom stereocenters. The number of carbonyl (C=O) groups is 1. The van der Waals surface area contributed by atoms with Crippen LogP contribution in [0.2, 0.25) is 0 Å². The number of aryl methyl sites for hydroxylation is 1. The molecule has 0 spiro atoms. The summed E-state index contributed by atoms with van der Waals surface area (Å²) in [5.74, 6) is -0.387. The van der Waals surface area contributed by atoms with Crippen LogP contribution in [-0.4, -0.2) is 18.5 Å². The Morgan fingerprint density at radius 2 is 2.21 bits per heavy atom. The zero-order chi connectivity index (χ0) is 14.0. The number of amides is 1. The van der Waals surface area contributed by atoms with E-state index in [9.17, 15) is 9.18 Å². The molecule has 0 aromatic heterocycles. The van der Waals surface area contributed by atoms with Crippen molar-refractivity contribution in [1.82, 2.24) is 5.32 Å². The summed E-state index contributed by atoms with van der Waals surface area (Å²) in [6, 6.07) is 4.53. The van der Waals surface area contributed by atoms with Gasteiger partial charge in [0, 0.05) is 5.69 Å². The van der Waals surface area contributed by atoms with Crippen molar-refractivity contribution >= 4 is 11.6 Å². The molecule has 0 aliphatic carbocycles. The van der Waals surface area contributed by atoms with Gasteiger partial charge in [0.1, 0.15) is 5.82 Å². The van der Waals surface area contributed by atoms with Crippen molar-refractivity contribution in [2.24, 2.45) is 5.41 Å². The molecule has 0 saturated carbocycles. The maximum absolute atomic E-state index is 13.5. The summed E-state index contributed by atoms with van der Waals surface area (Å²) in [7, 11) is 0. The van der Waals surface area contributed by atoms with E-state index in [1.807, 2.05) is 0 Å². The maximum Gasteiger partial charge on any atom is 0.242 e. The van der Waals surface area contributed by atoms with E-state index in [2.05, 4.69) is 24.5 Å². The van der Waals surface area contributed by atoms with Crippen molar-refractivity contribution in [3.8, 4) is 0 Å². The van der Waals surface area contributed by atoms with Gasteiger partial charge in [0.15, 0.2) is 0 Å². The van der Waals surface area contributed by atoms with E-state index in [0.717, 1.165) is 19.4 Å². The first-order chi connectivity index (χ1) is 8.90. The van der Waals surface area contributed by atoms with E-state index >= 15 is 0 Å². The number of carbonyl (C=O) groups excluding carboxylic acids is 1.